The van der Waals surface area contributed by atoms with Crippen molar-refractivity contribution in [2.45, 2.75) is 25.4 Å². The summed E-state index contributed by atoms with van der Waals surface area (Å²) in [4.78, 5) is 21.5. The van der Waals surface area contributed by atoms with E-state index in [1.807, 2.05) is 0 Å². The Morgan fingerprint density at radius 3 is 2.00 bits per heavy atom. The van der Waals surface area contributed by atoms with Gasteiger partial charge in [0.15, 0.2) is 12.7 Å². The lowest BCUT2D eigenvalue weighted by atomic mass is 10.3. The predicted octanol–water partition coefficient (Wildman–Crippen LogP) is 2.14. The van der Waals surface area contributed by atoms with Gasteiger partial charge in [0.25, 0.3) is 0 Å². The highest BCUT2D eigenvalue weighted by Crippen LogP contribution is 2.25. The molecule has 0 amide bonds. The number of rotatable bonds is 4. The Morgan fingerprint density at radius 2 is 1.63 bits per heavy atom. The molecule has 0 radical (unpaired) electrons. The fourth-order valence-corrected chi connectivity index (χ4v) is 0.625. The van der Waals surface area contributed by atoms with Gasteiger partial charge >= 0.3 is 24.3 Å². The minimum atomic E-state index is -5.06. The van der Waals surface area contributed by atoms with Crippen molar-refractivity contribution in [2.24, 2.45) is 0 Å². The number of hydrogen-bond donors (Lipinski definition) is 0. The Morgan fingerprint density at radius 1 is 1.16 bits per heavy atom. The Bertz CT molecular complexity index is 370. The molecule has 0 aromatic rings. The molecule has 0 spiro atoms. The predicted molar refractivity (Wildman–Crippen MR) is 47.8 cm³/mol. The van der Waals surface area contributed by atoms with E-state index in [2.05, 4.69) is 16.1 Å². The standard InChI is InChI=1S/C9H8F6O4/c1-4(8(10,11)12)7(17)18-3-6(16)19-5(2)9(13,14)15/h5H,1,3H2,2H3. The molecule has 0 aliphatic carbocycles. The van der Waals surface area contributed by atoms with Crippen molar-refractivity contribution in [1.29, 1.82) is 0 Å². The normalized spacial score (nSPS) is 13.6. The van der Waals surface area contributed by atoms with E-state index in [0.717, 1.165) is 0 Å². The fourth-order valence-electron chi connectivity index (χ4n) is 0.625. The van der Waals surface area contributed by atoms with Gasteiger partial charge in [-0.2, -0.15) is 26.3 Å². The Balaban J connectivity index is 4.26. The number of hydrogen-bond acceptors (Lipinski definition) is 4. The van der Waals surface area contributed by atoms with Gasteiger partial charge in [-0.25, -0.2) is 9.59 Å². The molecule has 4 nitrogen and oxygen atoms in total. The maximum absolute atomic E-state index is 11.9. The molecule has 0 aromatic heterocycles. The third-order valence-electron chi connectivity index (χ3n) is 1.68. The van der Waals surface area contributed by atoms with Crippen molar-refractivity contribution >= 4 is 11.9 Å². The molecule has 0 bridgehead atoms. The molecule has 0 saturated carbocycles. The highest BCUT2D eigenvalue weighted by molar-refractivity contribution is 5.90. The van der Waals surface area contributed by atoms with Crippen molar-refractivity contribution in [1.82, 2.24) is 0 Å². The molecule has 1 atom stereocenters. The lowest BCUT2D eigenvalue weighted by Gasteiger charge is -2.16. The minimum absolute atomic E-state index is 0.508. The summed E-state index contributed by atoms with van der Waals surface area (Å²) < 4.78 is 79.2. The van der Waals surface area contributed by atoms with Gasteiger partial charge in [0, 0.05) is 0 Å². The lowest BCUT2D eigenvalue weighted by molar-refractivity contribution is -0.218. The number of esters is 2. The van der Waals surface area contributed by atoms with Crippen molar-refractivity contribution in [3.8, 4) is 0 Å². The van der Waals surface area contributed by atoms with Gasteiger partial charge in [0.2, 0.25) is 0 Å². The van der Waals surface area contributed by atoms with Crippen LogP contribution in [0.1, 0.15) is 6.92 Å². The first-order valence-corrected chi connectivity index (χ1v) is 4.55. The zero-order valence-electron chi connectivity index (χ0n) is 9.39. The zero-order chi connectivity index (χ0) is 15.4. The second kappa shape index (κ2) is 5.93. The number of carbonyl (C=O) groups excluding carboxylic acids is 2. The second-order valence-corrected chi connectivity index (χ2v) is 3.23. The maximum atomic E-state index is 11.9. The van der Waals surface area contributed by atoms with Crippen LogP contribution in [-0.4, -0.2) is 37.0 Å². The smallest absolute Gasteiger partial charge is 0.425 e. The van der Waals surface area contributed by atoms with E-state index in [0.29, 0.717) is 6.92 Å². The van der Waals surface area contributed by atoms with Gasteiger partial charge in [-0.05, 0) is 6.92 Å². The Hall–Kier alpha value is -1.74. The third-order valence-corrected chi connectivity index (χ3v) is 1.68. The van der Waals surface area contributed by atoms with Crippen molar-refractivity contribution < 1.29 is 45.4 Å². The SMILES string of the molecule is C=C(C(=O)OCC(=O)OC(C)C(F)(F)F)C(F)(F)F. The summed E-state index contributed by atoms with van der Waals surface area (Å²) in [5.74, 6) is -3.60. The van der Waals surface area contributed by atoms with Gasteiger partial charge in [-0.3, -0.25) is 0 Å². The molecule has 0 aromatic carbocycles. The lowest BCUT2D eigenvalue weighted by Crippen LogP contribution is -2.33. The van der Waals surface area contributed by atoms with Crippen molar-refractivity contribution in [3.63, 3.8) is 0 Å². The molecule has 0 rings (SSSR count). The van der Waals surface area contributed by atoms with E-state index < -0.39 is 42.6 Å². The molecule has 0 heterocycles. The molecule has 19 heavy (non-hydrogen) atoms. The van der Waals surface area contributed by atoms with E-state index in [-0.39, 0.29) is 0 Å². The van der Waals surface area contributed by atoms with E-state index >= 15 is 0 Å². The van der Waals surface area contributed by atoms with Gasteiger partial charge in [-0.15, -0.1) is 0 Å². The Kier molecular flexibility index (Phi) is 5.39. The van der Waals surface area contributed by atoms with Gasteiger partial charge in [0.05, 0.1) is 0 Å². The average molecular weight is 294 g/mol. The van der Waals surface area contributed by atoms with E-state index in [4.69, 9.17) is 0 Å². The third kappa shape index (κ3) is 6.11. The Labute approximate surface area is 103 Å². The van der Waals surface area contributed by atoms with Crippen molar-refractivity contribution in [2.75, 3.05) is 6.61 Å². The first kappa shape index (κ1) is 17.3. The number of ether oxygens (including phenoxy) is 2. The van der Waals surface area contributed by atoms with Crippen LogP contribution in [0.5, 0.6) is 0 Å². The highest BCUT2D eigenvalue weighted by Gasteiger charge is 2.40. The molecular formula is C9H8F6O4. The van der Waals surface area contributed by atoms with Crippen molar-refractivity contribution in [3.05, 3.63) is 12.2 Å². The monoisotopic (exact) mass is 294 g/mol. The molecule has 0 saturated heterocycles. The molecule has 1 unspecified atom stereocenters. The summed E-state index contributed by atoms with van der Waals surface area (Å²) in [6, 6.07) is 0. The molecule has 0 aliphatic heterocycles. The van der Waals surface area contributed by atoms with Crippen LogP contribution in [-0.2, 0) is 19.1 Å². The number of halogens is 6. The number of carbonyl (C=O) groups is 2. The topological polar surface area (TPSA) is 52.6 Å². The van der Waals surface area contributed by atoms with Crippen LogP contribution in [0.25, 0.3) is 0 Å². The van der Waals surface area contributed by atoms with Gasteiger partial charge in [-0.1, -0.05) is 6.58 Å². The summed E-state index contributed by atoms with van der Waals surface area (Å²) in [7, 11) is 0. The van der Waals surface area contributed by atoms with Crippen LogP contribution in [0, 0.1) is 0 Å². The van der Waals surface area contributed by atoms with E-state index in [9.17, 15) is 35.9 Å². The summed E-state index contributed by atoms with van der Waals surface area (Å²) in [6.45, 7) is 1.50. The molecule has 110 valence electrons. The largest absolute Gasteiger partial charge is 0.450 e. The van der Waals surface area contributed by atoms with Crippen LogP contribution < -0.4 is 0 Å². The summed E-state index contributed by atoms with van der Waals surface area (Å²) >= 11 is 0. The summed E-state index contributed by atoms with van der Waals surface area (Å²) in [5.41, 5.74) is -1.89. The highest BCUT2D eigenvalue weighted by atomic mass is 19.4. The first-order valence-electron chi connectivity index (χ1n) is 4.55. The average Bonchev–Trinajstić information content (AvgIpc) is 2.22. The summed E-state index contributed by atoms with van der Waals surface area (Å²) in [6.07, 6.45) is -12.3. The van der Waals surface area contributed by atoms with Gasteiger partial charge in [0.1, 0.15) is 5.57 Å². The van der Waals surface area contributed by atoms with Crippen LogP contribution >= 0.6 is 0 Å². The molecular weight excluding hydrogens is 286 g/mol. The van der Waals surface area contributed by atoms with Crippen LogP contribution in [0.15, 0.2) is 12.2 Å². The molecule has 10 heteroatoms. The van der Waals surface area contributed by atoms with Crippen LogP contribution in [0.3, 0.4) is 0 Å². The minimum Gasteiger partial charge on any atom is -0.450 e. The fraction of sp³-hybridized carbons (Fsp3) is 0.556. The maximum Gasteiger partial charge on any atom is 0.425 e. The van der Waals surface area contributed by atoms with E-state index in [1.54, 1.807) is 0 Å². The van der Waals surface area contributed by atoms with Gasteiger partial charge < -0.3 is 9.47 Å². The van der Waals surface area contributed by atoms with Crippen LogP contribution in [0.4, 0.5) is 26.3 Å². The number of alkyl halides is 6. The molecule has 0 N–H and O–H groups in total. The van der Waals surface area contributed by atoms with Crippen LogP contribution in [0.2, 0.25) is 0 Å². The first-order chi connectivity index (χ1) is 8.35. The quantitative estimate of drug-likeness (QED) is 0.453. The second-order valence-electron chi connectivity index (χ2n) is 3.23. The van der Waals surface area contributed by atoms with E-state index in [1.165, 1.54) is 0 Å². The molecule has 0 fully saturated rings. The summed E-state index contributed by atoms with van der Waals surface area (Å²) in [5, 5.41) is 0. The zero-order valence-corrected chi connectivity index (χ0v) is 9.39. The molecule has 0 aliphatic rings.